The molecule has 0 unspecified atom stereocenters. The number of benzene rings is 2. The summed E-state index contributed by atoms with van der Waals surface area (Å²) in [5, 5.41) is 4.54. The topological polar surface area (TPSA) is 34.9 Å². The van der Waals surface area contributed by atoms with Gasteiger partial charge in [-0.2, -0.15) is 5.10 Å². The highest BCUT2D eigenvalue weighted by molar-refractivity contribution is 6.12. The van der Waals surface area contributed by atoms with E-state index < -0.39 is 0 Å². The van der Waals surface area contributed by atoms with Crippen LogP contribution in [0.15, 0.2) is 66.9 Å². The standard InChI is InChI=1S/C18H16N2O/c1-2-20-13-16(18(21)15-11-7-4-8-12-15)17(19-20)14-9-5-3-6-10-14/h3-13H,2H2,1H3. The Balaban J connectivity index is 2.10. The molecule has 0 N–H and O–H groups in total. The summed E-state index contributed by atoms with van der Waals surface area (Å²) in [5.41, 5.74) is 3.04. The van der Waals surface area contributed by atoms with E-state index in [1.807, 2.05) is 73.8 Å². The first kappa shape index (κ1) is 13.3. The summed E-state index contributed by atoms with van der Waals surface area (Å²) in [6.07, 6.45) is 1.83. The Hall–Kier alpha value is -2.68. The molecule has 3 heteroatoms. The van der Waals surface area contributed by atoms with Crippen LogP contribution in [0.3, 0.4) is 0 Å². The number of rotatable bonds is 4. The predicted octanol–water partition coefficient (Wildman–Crippen LogP) is 3.80. The molecule has 0 saturated heterocycles. The van der Waals surface area contributed by atoms with E-state index in [9.17, 15) is 4.79 Å². The number of nitrogens with zero attached hydrogens (tertiary/aromatic N) is 2. The van der Waals surface area contributed by atoms with Crippen LogP contribution in [-0.2, 0) is 6.54 Å². The molecule has 0 amide bonds. The molecule has 0 saturated carbocycles. The maximum Gasteiger partial charge on any atom is 0.196 e. The Morgan fingerprint density at radius 3 is 2.24 bits per heavy atom. The van der Waals surface area contributed by atoms with Crippen molar-refractivity contribution in [2.45, 2.75) is 13.5 Å². The fourth-order valence-corrected chi connectivity index (χ4v) is 2.30. The van der Waals surface area contributed by atoms with Crippen LogP contribution in [0, 0.1) is 0 Å². The molecule has 0 aliphatic carbocycles. The maximum atomic E-state index is 12.7. The quantitative estimate of drug-likeness (QED) is 0.679. The van der Waals surface area contributed by atoms with Crippen molar-refractivity contribution in [1.29, 1.82) is 0 Å². The van der Waals surface area contributed by atoms with Crippen LogP contribution in [0.4, 0.5) is 0 Å². The monoisotopic (exact) mass is 276 g/mol. The third-order valence-electron chi connectivity index (χ3n) is 3.41. The molecule has 1 aromatic heterocycles. The summed E-state index contributed by atoms with van der Waals surface area (Å²) in [7, 11) is 0. The minimum Gasteiger partial charge on any atom is -0.288 e. The van der Waals surface area contributed by atoms with E-state index in [0.29, 0.717) is 11.1 Å². The van der Waals surface area contributed by atoms with E-state index in [0.717, 1.165) is 17.8 Å². The fourth-order valence-electron chi connectivity index (χ4n) is 2.30. The lowest BCUT2D eigenvalue weighted by atomic mass is 10.0. The van der Waals surface area contributed by atoms with E-state index >= 15 is 0 Å². The molecular formula is C18H16N2O. The highest BCUT2D eigenvalue weighted by Gasteiger charge is 2.18. The van der Waals surface area contributed by atoms with Crippen LogP contribution < -0.4 is 0 Å². The van der Waals surface area contributed by atoms with Crippen molar-refractivity contribution in [3.63, 3.8) is 0 Å². The minimum absolute atomic E-state index is 0.00848. The zero-order chi connectivity index (χ0) is 14.7. The lowest BCUT2D eigenvalue weighted by Crippen LogP contribution is -2.01. The first-order chi connectivity index (χ1) is 10.3. The Morgan fingerprint density at radius 2 is 1.62 bits per heavy atom. The average Bonchev–Trinajstić information content (AvgIpc) is 3.00. The first-order valence-electron chi connectivity index (χ1n) is 7.02. The molecule has 21 heavy (non-hydrogen) atoms. The number of aryl methyl sites for hydroxylation is 1. The average molecular weight is 276 g/mol. The van der Waals surface area contributed by atoms with Crippen LogP contribution in [-0.4, -0.2) is 15.6 Å². The van der Waals surface area contributed by atoms with E-state index in [2.05, 4.69) is 5.10 Å². The zero-order valence-electron chi connectivity index (χ0n) is 11.9. The molecule has 0 bridgehead atoms. The van der Waals surface area contributed by atoms with Gasteiger partial charge in [-0.05, 0) is 6.92 Å². The van der Waals surface area contributed by atoms with Gasteiger partial charge in [-0.3, -0.25) is 9.48 Å². The SMILES string of the molecule is CCn1cc(C(=O)c2ccccc2)c(-c2ccccc2)n1. The van der Waals surface area contributed by atoms with Crippen LogP contribution in [0.25, 0.3) is 11.3 Å². The molecule has 1 heterocycles. The molecule has 0 radical (unpaired) electrons. The Morgan fingerprint density at radius 1 is 1.00 bits per heavy atom. The Kier molecular flexibility index (Phi) is 3.65. The second kappa shape index (κ2) is 5.75. The van der Waals surface area contributed by atoms with Gasteiger partial charge in [-0.1, -0.05) is 60.7 Å². The first-order valence-corrected chi connectivity index (χ1v) is 7.02. The highest BCUT2D eigenvalue weighted by atomic mass is 16.1. The van der Waals surface area contributed by atoms with Gasteiger partial charge in [-0.15, -0.1) is 0 Å². The van der Waals surface area contributed by atoms with Gasteiger partial charge in [0.15, 0.2) is 5.78 Å². The van der Waals surface area contributed by atoms with Crippen LogP contribution in [0.2, 0.25) is 0 Å². The van der Waals surface area contributed by atoms with E-state index in [-0.39, 0.29) is 5.78 Å². The summed E-state index contributed by atoms with van der Waals surface area (Å²) in [6.45, 7) is 2.75. The summed E-state index contributed by atoms with van der Waals surface area (Å²) >= 11 is 0. The van der Waals surface area contributed by atoms with Crippen LogP contribution in [0.5, 0.6) is 0 Å². The van der Waals surface area contributed by atoms with Gasteiger partial charge in [0.05, 0.1) is 5.56 Å². The number of hydrogen-bond donors (Lipinski definition) is 0. The van der Waals surface area contributed by atoms with Gasteiger partial charge >= 0.3 is 0 Å². The molecule has 104 valence electrons. The fraction of sp³-hybridized carbons (Fsp3) is 0.111. The van der Waals surface area contributed by atoms with Gasteiger partial charge < -0.3 is 0 Å². The normalized spacial score (nSPS) is 10.5. The van der Waals surface area contributed by atoms with Crippen LogP contribution >= 0.6 is 0 Å². The number of carbonyl (C=O) groups is 1. The van der Waals surface area contributed by atoms with Gasteiger partial charge in [0.1, 0.15) is 5.69 Å². The minimum atomic E-state index is 0.00848. The van der Waals surface area contributed by atoms with Crippen molar-refractivity contribution >= 4 is 5.78 Å². The van der Waals surface area contributed by atoms with Crippen molar-refractivity contribution in [3.8, 4) is 11.3 Å². The van der Waals surface area contributed by atoms with Gasteiger partial charge in [0.2, 0.25) is 0 Å². The molecule has 3 nitrogen and oxygen atoms in total. The second-order valence-electron chi connectivity index (χ2n) is 4.81. The Labute approximate surface area is 123 Å². The zero-order valence-corrected chi connectivity index (χ0v) is 11.9. The van der Waals surface area contributed by atoms with Crippen molar-refractivity contribution in [3.05, 3.63) is 78.0 Å². The number of hydrogen-bond acceptors (Lipinski definition) is 2. The van der Waals surface area contributed by atoms with Crippen molar-refractivity contribution < 1.29 is 4.79 Å². The molecule has 3 aromatic rings. The summed E-state index contributed by atoms with van der Waals surface area (Å²) in [6, 6.07) is 19.1. The molecule has 0 aliphatic heterocycles. The van der Waals surface area contributed by atoms with Crippen molar-refractivity contribution in [2.24, 2.45) is 0 Å². The molecular weight excluding hydrogens is 260 g/mol. The second-order valence-corrected chi connectivity index (χ2v) is 4.81. The summed E-state index contributed by atoms with van der Waals surface area (Å²) < 4.78 is 1.80. The van der Waals surface area contributed by atoms with Crippen molar-refractivity contribution in [2.75, 3.05) is 0 Å². The van der Waals surface area contributed by atoms with E-state index in [1.165, 1.54) is 0 Å². The number of ketones is 1. The summed E-state index contributed by atoms with van der Waals surface area (Å²) in [4.78, 5) is 12.7. The van der Waals surface area contributed by atoms with Gasteiger partial charge in [0, 0.05) is 23.9 Å². The van der Waals surface area contributed by atoms with Gasteiger partial charge in [0.25, 0.3) is 0 Å². The molecule has 3 rings (SSSR count). The summed E-state index contributed by atoms with van der Waals surface area (Å²) in [5.74, 6) is 0.00848. The maximum absolute atomic E-state index is 12.7. The third-order valence-corrected chi connectivity index (χ3v) is 3.41. The van der Waals surface area contributed by atoms with E-state index in [4.69, 9.17) is 0 Å². The molecule has 0 spiro atoms. The number of aromatic nitrogens is 2. The lowest BCUT2D eigenvalue weighted by molar-refractivity contribution is 0.103. The smallest absolute Gasteiger partial charge is 0.196 e. The predicted molar refractivity (Wildman–Crippen MR) is 83.2 cm³/mol. The lowest BCUT2D eigenvalue weighted by Gasteiger charge is -2.02. The van der Waals surface area contributed by atoms with Crippen LogP contribution in [0.1, 0.15) is 22.8 Å². The molecule has 0 aliphatic rings. The van der Waals surface area contributed by atoms with E-state index in [1.54, 1.807) is 4.68 Å². The van der Waals surface area contributed by atoms with Gasteiger partial charge in [-0.25, -0.2) is 0 Å². The molecule has 0 fully saturated rings. The highest BCUT2D eigenvalue weighted by Crippen LogP contribution is 2.24. The molecule has 2 aromatic carbocycles. The number of carbonyl (C=O) groups excluding carboxylic acids is 1. The van der Waals surface area contributed by atoms with Crippen molar-refractivity contribution in [1.82, 2.24) is 9.78 Å². The largest absolute Gasteiger partial charge is 0.288 e. The molecule has 0 atom stereocenters. The Bertz CT molecular complexity index is 745. The third kappa shape index (κ3) is 2.63.